The van der Waals surface area contributed by atoms with Gasteiger partial charge in [0, 0.05) is 43.1 Å². The van der Waals surface area contributed by atoms with E-state index in [4.69, 9.17) is 0 Å². The minimum Gasteiger partial charge on any atom is -0.368 e. The Bertz CT molecular complexity index is 1330. The molecule has 0 saturated carbocycles. The number of amides is 2. The van der Waals surface area contributed by atoms with Gasteiger partial charge >= 0.3 is 0 Å². The lowest BCUT2D eigenvalue weighted by atomic mass is 10.1. The predicted octanol–water partition coefficient (Wildman–Crippen LogP) is 3.82. The Balaban J connectivity index is 1.31. The molecule has 0 spiro atoms. The van der Waals surface area contributed by atoms with Gasteiger partial charge in [-0.3, -0.25) is 9.59 Å². The van der Waals surface area contributed by atoms with Crippen molar-refractivity contribution in [1.82, 2.24) is 4.90 Å². The van der Waals surface area contributed by atoms with Crippen LogP contribution in [0.15, 0.2) is 72.8 Å². The molecule has 2 amide bonds. The van der Waals surface area contributed by atoms with Gasteiger partial charge in [0.25, 0.3) is 5.91 Å². The van der Waals surface area contributed by atoms with Gasteiger partial charge in [0.1, 0.15) is 5.75 Å². The number of hydrogen-bond donors (Lipinski definition) is 1. The number of para-hydroxylation sites is 1. The number of rotatable bonds is 7. The van der Waals surface area contributed by atoms with Crippen molar-refractivity contribution in [3.8, 4) is 0 Å². The maximum Gasteiger partial charge on any atom is 0.253 e. The minimum absolute atomic E-state index is 0.0627. The number of anilines is 2. The van der Waals surface area contributed by atoms with Gasteiger partial charge in [-0.15, -0.1) is 0 Å². The Labute approximate surface area is 212 Å². The normalized spacial score (nSPS) is 13.9. The van der Waals surface area contributed by atoms with Crippen LogP contribution in [0.2, 0.25) is 0 Å². The molecule has 1 fully saturated rings. The molecule has 1 N–H and O–H groups in total. The topological polar surface area (TPSA) is 86.8 Å². The van der Waals surface area contributed by atoms with Crippen LogP contribution < -0.4 is 10.2 Å². The maximum absolute atomic E-state index is 13.0. The van der Waals surface area contributed by atoms with Crippen molar-refractivity contribution < 1.29 is 18.0 Å². The first-order valence-corrected chi connectivity index (χ1v) is 13.8. The Hall–Kier alpha value is -3.65. The van der Waals surface area contributed by atoms with Gasteiger partial charge in [0.2, 0.25) is 5.91 Å². The molecule has 36 heavy (non-hydrogen) atoms. The van der Waals surface area contributed by atoms with Crippen LogP contribution >= 0.6 is 0 Å². The summed E-state index contributed by atoms with van der Waals surface area (Å²) in [5.41, 5.74) is 5.35. The zero-order chi connectivity index (χ0) is 25.7. The molecule has 188 valence electrons. The smallest absolute Gasteiger partial charge is 0.253 e. The lowest BCUT2D eigenvalue weighted by molar-refractivity contribution is -0.113. The molecule has 8 heteroatoms. The molecule has 7 nitrogen and oxygen atoms in total. The molecular formula is C28H31N3O4S. The molecule has 1 aliphatic heterocycles. The van der Waals surface area contributed by atoms with Crippen LogP contribution in [-0.4, -0.2) is 57.1 Å². The maximum atomic E-state index is 13.0. The summed E-state index contributed by atoms with van der Waals surface area (Å²) in [6.45, 7) is 7.00. The number of aryl methyl sites for hydroxylation is 1. The van der Waals surface area contributed by atoms with E-state index in [9.17, 15) is 18.0 Å². The lowest BCUT2D eigenvalue weighted by Gasteiger charge is -2.37. The first-order valence-electron chi connectivity index (χ1n) is 12.0. The number of piperazine rings is 1. The second-order valence-corrected chi connectivity index (χ2v) is 11.2. The second-order valence-electron chi connectivity index (χ2n) is 9.14. The third-order valence-corrected chi connectivity index (χ3v) is 7.95. The first-order chi connectivity index (χ1) is 17.2. The van der Waals surface area contributed by atoms with Gasteiger partial charge in [-0.1, -0.05) is 42.5 Å². The molecule has 0 atom stereocenters. The van der Waals surface area contributed by atoms with Gasteiger partial charge in [0.15, 0.2) is 9.84 Å². The molecule has 3 aromatic carbocycles. The van der Waals surface area contributed by atoms with Crippen molar-refractivity contribution in [1.29, 1.82) is 0 Å². The Morgan fingerprint density at radius 1 is 0.833 bits per heavy atom. The highest BCUT2D eigenvalue weighted by molar-refractivity contribution is 7.91. The molecule has 1 saturated heterocycles. The largest absolute Gasteiger partial charge is 0.368 e. The molecule has 4 rings (SSSR count). The average molecular weight is 506 g/mol. The zero-order valence-electron chi connectivity index (χ0n) is 20.6. The Kier molecular flexibility index (Phi) is 7.74. The molecule has 3 aromatic rings. The quantitative estimate of drug-likeness (QED) is 0.528. The molecule has 0 aliphatic carbocycles. The number of carbonyl (C=O) groups excluding carboxylic acids is 2. The molecule has 1 heterocycles. The van der Waals surface area contributed by atoms with Crippen LogP contribution in [0.5, 0.6) is 0 Å². The standard InChI is InChI=1S/C28H31N3O4S/c1-21-7-6-10-26(22(21)2)30-15-17-31(18-16-30)28(33)24-13-11-23(12-14-24)19-36(34,35)20-27(32)29-25-8-4-3-5-9-25/h3-14H,15-20H2,1-2H3,(H,29,32). The van der Waals surface area contributed by atoms with E-state index in [-0.39, 0.29) is 11.7 Å². The lowest BCUT2D eigenvalue weighted by Crippen LogP contribution is -2.49. The minimum atomic E-state index is -3.66. The number of hydrogen-bond acceptors (Lipinski definition) is 5. The van der Waals surface area contributed by atoms with Gasteiger partial charge in [0.05, 0.1) is 5.75 Å². The van der Waals surface area contributed by atoms with Crippen LogP contribution in [0.3, 0.4) is 0 Å². The third kappa shape index (κ3) is 6.31. The molecule has 0 aromatic heterocycles. The van der Waals surface area contributed by atoms with E-state index in [0.717, 1.165) is 13.1 Å². The first kappa shape index (κ1) is 25.4. The second kappa shape index (κ2) is 11.0. The molecule has 0 radical (unpaired) electrons. The molecular weight excluding hydrogens is 474 g/mol. The van der Waals surface area contributed by atoms with E-state index in [2.05, 4.69) is 42.3 Å². The summed E-state index contributed by atoms with van der Waals surface area (Å²) >= 11 is 0. The van der Waals surface area contributed by atoms with Crippen molar-refractivity contribution in [2.75, 3.05) is 42.1 Å². The fourth-order valence-electron chi connectivity index (χ4n) is 4.38. The Morgan fingerprint density at radius 2 is 1.50 bits per heavy atom. The van der Waals surface area contributed by atoms with Crippen LogP contribution in [-0.2, 0) is 20.4 Å². The van der Waals surface area contributed by atoms with E-state index >= 15 is 0 Å². The zero-order valence-corrected chi connectivity index (χ0v) is 21.4. The summed E-state index contributed by atoms with van der Waals surface area (Å²) in [4.78, 5) is 29.3. The van der Waals surface area contributed by atoms with E-state index < -0.39 is 21.5 Å². The molecule has 1 aliphatic rings. The van der Waals surface area contributed by atoms with Crippen LogP contribution in [0.25, 0.3) is 0 Å². The van der Waals surface area contributed by atoms with Crippen LogP contribution in [0.4, 0.5) is 11.4 Å². The van der Waals surface area contributed by atoms with Crippen molar-refractivity contribution in [2.24, 2.45) is 0 Å². The number of benzene rings is 3. The summed E-state index contributed by atoms with van der Waals surface area (Å²) in [5.74, 6) is -1.51. The summed E-state index contributed by atoms with van der Waals surface area (Å²) < 4.78 is 25.0. The van der Waals surface area contributed by atoms with Crippen molar-refractivity contribution in [3.63, 3.8) is 0 Å². The SMILES string of the molecule is Cc1cccc(N2CCN(C(=O)c3ccc(CS(=O)(=O)CC(=O)Nc4ccccc4)cc3)CC2)c1C. The number of nitrogens with one attached hydrogen (secondary N) is 1. The highest BCUT2D eigenvalue weighted by atomic mass is 32.2. The fourth-order valence-corrected chi connectivity index (χ4v) is 5.65. The van der Waals surface area contributed by atoms with Gasteiger partial charge in [-0.25, -0.2) is 8.42 Å². The number of nitrogens with zero attached hydrogens (tertiary/aromatic N) is 2. The van der Waals surface area contributed by atoms with Gasteiger partial charge < -0.3 is 15.1 Å². The summed E-state index contributed by atoms with van der Waals surface area (Å²) in [7, 11) is -3.66. The van der Waals surface area contributed by atoms with Crippen LogP contribution in [0, 0.1) is 13.8 Å². The monoisotopic (exact) mass is 505 g/mol. The van der Waals surface area contributed by atoms with E-state index in [0.29, 0.717) is 29.9 Å². The predicted molar refractivity (Wildman–Crippen MR) is 143 cm³/mol. The molecule has 0 bridgehead atoms. The van der Waals surface area contributed by atoms with Crippen molar-refractivity contribution in [2.45, 2.75) is 19.6 Å². The number of sulfone groups is 1. The summed E-state index contributed by atoms with van der Waals surface area (Å²) in [6.07, 6.45) is 0. The van der Waals surface area contributed by atoms with Gasteiger partial charge in [-0.05, 0) is 60.9 Å². The third-order valence-electron chi connectivity index (χ3n) is 6.48. The van der Waals surface area contributed by atoms with E-state index in [1.807, 2.05) is 11.0 Å². The Morgan fingerprint density at radius 3 is 2.17 bits per heavy atom. The van der Waals surface area contributed by atoms with Crippen molar-refractivity contribution in [3.05, 3.63) is 95.1 Å². The molecule has 0 unspecified atom stereocenters. The highest BCUT2D eigenvalue weighted by Gasteiger charge is 2.24. The van der Waals surface area contributed by atoms with E-state index in [1.165, 1.54) is 16.8 Å². The van der Waals surface area contributed by atoms with Crippen molar-refractivity contribution >= 4 is 33.0 Å². The summed E-state index contributed by atoms with van der Waals surface area (Å²) in [5, 5.41) is 2.59. The number of carbonyl (C=O) groups is 2. The van der Waals surface area contributed by atoms with Crippen LogP contribution in [0.1, 0.15) is 27.0 Å². The summed E-state index contributed by atoms with van der Waals surface area (Å²) in [6, 6.07) is 21.6. The average Bonchev–Trinajstić information content (AvgIpc) is 2.86. The fraction of sp³-hybridized carbons (Fsp3) is 0.286. The highest BCUT2D eigenvalue weighted by Crippen LogP contribution is 2.24. The van der Waals surface area contributed by atoms with Gasteiger partial charge in [-0.2, -0.15) is 0 Å². The van der Waals surface area contributed by atoms with E-state index in [1.54, 1.807) is 48.5 Å².